The number of nitrogens with zero attached hydrogens (tertiary/aromatic N) is 4. The number of carbonyl (C=O) groups is 1. The van der Waals surface area contributed by atoms with Gasteiger partial charge in [0.2, 0.25) is 0 Å². The molecule has 1 unspecified atom stereocenters. The molecule has 3 rings (SSSR count). The third-order valence-electron chi connectivity index (χ3n) is 3.49. The molecule has 0 saturated carbocycles. The lowest BCUT2D eigenvalue weighted by Gasteiger charge is -2.15. The molecule has 1 amide bonds. The van der Waals surface area contributed by atoms with Crippen molar-refractivity contribution < 1.29 is 9.53 Å². The van der Waals surface area contributed by atoms with Crippen LogP contribution in [-0.4, -0.2) is 26.8 Å². The van der Waals surface area contributed by atoms with E-state index in [1.54, 1.807) is 43.5 Å². The monoisotopic (exact) mass is 411 g/mol. The van der Waals surface area contributed by atoms with Crippen molar-refractivity contribution in [2.45, 2.75) is 13.0 Å². The second kappa shape index (κ2) is 7.80. The summed E-state index contributed by atoms with van der Waals surface area (Å²) in [6, 6.07) is 14.5. The van der Waals surface area contributed by atoms with Crippen LogP contribution in [0, 0.1) is 11.3 Å². The molecule has 0 spiro atoms. The lowest BCUT2D eigenvalue weighted by atomic mass is 10.3. The molecule has 1 N–H and O–H groups in total. The number of pyridine rings is 1. The van der Waals surface area contributed by atoms with Crippen LogP contribution < -0.4 is 10.1 Å². The quantitative estimate of drug-likeness (QED) is 0.694. The molecule has 0 bridgehead atoms. The Labute approximate surface area is 158 Å². The van der Waals surface area contributed by atoms with Gasteiger partial charge in [-0.3, -0.25) is 4.79 Å². The fraction of sp³-hybridized carbons (Fsp3) is 0.111. The standard InChI is InChI=1S/C18H14BrN5O2/c1-12(26-15-7-5-14(19)6-8-15)18(25)23-17-13(10-20)11-22-24(17)16-4-2-3-9-21-16/h2-9,11-12H,1H3,(H,23,25). The first kappa shape index (κ1) is 17.6. The summed E-state index contributed by atoms with van der Waals surface area (Å²) in [7, 11) is 0. The molecule has 0 saturated heterocycles. The summed E-state index contributed by atoms with van der Waals surface area (Å²) in [6.45, 7) is 1.63. The number of nitriles is 1. The van der Waals surface area contributed by atoms with Gasteiger partial charge in [0.25, 0.3) is 5.91 Å². The molecule has 130 valence electrons. The zero-order valence-corrected chi connectivity index (χ0v) is 15.3. The van der Waals surface area contributed by atoms with Gasteiger partial charge in [0.15, 0.2) is 17.7 Å². The van der Waals surface area contributed by atoms with E-state index < -0.39 is 12.0 Å². The Morgan fingerprint density at radius 2 is 2.08 bits per heavy atom. The van der Waals surface area contributed by atoms with Gasteiger partial charge in [-0.1, -0.05) is 22.0 Å². The van der Waals surface area contributed by atoms with Gasteiger partial charge in [-0.25, -0.2) is 4.98 Å². The SMILES string of the molecule is CC(Oc1ccc(Br)cc1)C(=O)Nc1c(C#N)cnn1-c1ccccn1. The molecule has 2 aromatic heterocycles. The zero-order valence-electron chi connectivity index (χ0n) is 13.8. The van der Waals surface area contributed by atoms with Gasteiger partial charge in [-0.2, -0.15) is 15.0 Å². The van der Waals surface area contributed by atoms with Crippen LogP contribution in [0.25, 0.3) is 5.82 Å². The van der Waals surface area contributed by atoms with Crippen molar-refractivity contribution in [3.05, 3.63) is 64.9 Å². The number of benzene rings is 1. The minimum Gasteiger partial charge on any atom is -0.481 e. The number of anilines is 1. The van der Waals surface area contributed by atoms with Crippen LogP contribution in [0.1, 0.15) is 12.5 Å². The number of nitrogens with one attached hydrogen (secondary N) is 1. The number of carbonyl (C=O) groups excluding carboxylic acids is 1. The summed E-state index contributed by atoms with van der Waals surface area (Å²) in [5, 5.41) is 16.1. The fourth-order valence-electron chi connectivity index (χ4n) is 2.19. The van der Waals surface area contributed by atoms with Gasteiger partial charge >= 0.3 is 0 Å². The number of amides is 1. The third-order valence-corrected chi connectivity index (χ3v) is 4.02. The van der Waals surface area contributed by atoms with Crippen LogP contribution in [0.2, 0.25) is 0 Å². The van der Waals surface area contributed by atoms with Gasteiger partial charge in [0, 0.05) is 10.7 Å². The zero-order chi connectivity index (χ0) is 18.5. The summed E-state index contributed by atoms with van der Waals surface area (Å²) in [5.41, 5.74) is 0.236. The van der Waals surface area contributed by atoms with Crippen molar-refractivity contribution in [2.75, 3.05) is 5.32 Å². The van der Waals surface area contributed by atoms with Gasteiger partial charge in [-0.05, 0) is 43.3 Å². The highest BCUT2D eigenvalue weighted by molar-refractivity contribution is 9.10. The first-order valence-corrected chi connectivity index (χ1v) is 8.50. The van der Waals surface area contributed by atoms with E-state index in [2.05, 4.69) is 31.3 Å². The smallest absolute Gasteiger partial charge is 0.266 e. The van der Waals surface area contributed by atoms with Crippen molar-refractivity contribution in [2.24, 2.45) is 0 Å². The van der Waals surface area contributed by atoms with Crippen LogP contribution in [-0.2, 0) is 4.79 Å². The average molecular weight is 412 g/mol. The number of aromatic nitrogens is 3. The van der Waals surface area contributed by atoms with E-state index in [9.17, 15) is 10.1 Å². The topological polar surface area (TPSA) is 92.8 Å². The highest BCUT2D eigenvalue weighted by atomic mass is 79.9. The third kappa shape index (κ3) is 3.90. The Morgan fingerprint density at radius 1 is 1.31 bits per heavy atom. The Morgan fingerprint density at radius 3 is 2.73 bits per heavy atom. The normalized spacial score (nSPS) is 11.4. The van der Waals surface area contributed by atoms with Crippen LogP contribution in [0.5, 0.6) is 5.75 Å². The predicted molar refractivity (Wildman–Crippen MR) is 98.9 cm³/mol. The maximum atomic E-state index is 12.5. The summed E-state index contributed by atoms with van der Waals surface area (Å²) in [5.74, 6) is 0.907. The first-order chi connectivity index (χ1) is 12.6. The van der Waals surface area contributed by atoms with Gasteiger partial charge < -0.3 is 10.1 Å². The molecule has 26 heavy (non-hydrogen) atoms. The molecule has 2 heterocycles. The molecule has 0 aliphatic heterocycles. The number of rotatable bonds is 5. The lowest BCUT2D eigenvalue weighted by molar-refractivity contribution is -0.122. The molecule has 7 nitrogen and oxygen atoms in total. The molecule has 0 fully saturated rings. The van der Waals surface area contributed by atoms with Crippen LogP contribution in [0.15, 0.2) is 59.3 Å². The number of hydrogen-bond donors (Lipinski definition) is 1. The van der Waals surface area contributed by atoms with Gasteiger partial charge in [0.1, 0.15) is 17.4 Å². The van der Waals surface area contributed by atoms with E-state index in [0.29, 0.717) is 11.6 Å². The predicted octanol–water partition coefficient (Wildman–Crippen LogP) is 3.31. The Balaban J connectivity index is 1.79. The molecule has 1 atom stereocenters. The van der Waals surface area contributed by atoms with E-state index in [1.165, 1.54) is 10.9 Å². The van der Waals surface area contributed by atoms with Crippen molar-refractivity contribution in [1.82, 2.24) is 14.8 Å². The first-order valence-electron chi connectivity index (χ1n) is 7.71. The number of ether oxygens (including phenoxy) is 1. The van der Waals surface area contributed by atoms with Crippen LogP contribution in [0.4, 0.5) is 5.82 Å². The average Bonchev–Trinajstić information content (AvgIpc) is 3.06. The molecule has 3 aromatic rings. The number of halogens is 1. The summed E-state index contributed by atoms with van der Waals surface area (Å²) in [4.78, 5) is 16.7. The molecular weight excluding hydrogens is 398 g/mol. The maximum absolute atomic E-state index is 12.5. The molecule has 8 heteroatoms. The van der Waals surface area contributed by atoms with E-state index in [1.807, 2.05) is 18.2 Å². The van der Waals surface area contributed by atoms with Gasteiger partial charge in [-0.15, -0.1) is 0 Å². The molecule has 0 radical (unpaired) electrons. The van der Waals surface area contributed by atoms with Crippen LogP contribution >= 0.6 is 15.9 Å². The molecule has 0 aliphatic carbocycles. The van der Waals surface area contributed by atoms with Gasteiger partial charge in [0.05, 0.1) is 6.20 Å². The molecule has 0 aliphatic rings. The van der Waals surface area contributed by atoms with E-state index in [-0.39, 0.29) is 11.4 Å². The summed E-state index contributed by atoms with van der Waals surface area (Å²) < 4.78 is 7.96. The molecular formula is C18H14BrN5O2. The second-order valence-electron chi connectivity index (χ2n) is 5.32. The minimum atomic E-state index is -0.769. The largest absolute Gasteiger partial charge is 0.481 e. The van der Waals surface area contributed by atoms with E-state index in [4.69, 9.17) is 4.74 Å². The molecule has 1 aromatic carbocycles. The fourth-order valence-corrected chi connectivity index (χ4v) is 2.46. The summed E-state index contributed by atoms with van der Waals surface area (Å²) >= 11 is 3.35. The Hall–Kier alpha value is -3.18. The van der Waals surface area contributed by atoms with Crippen molar-refractivity contribution in [3.8, 4) is 17.6 Å². The maximum Gasteiger partial charge on any atom is 0.266 e. The van der Waals surface area contributed by atoms with Crippen LogP contribution in [0.3, 0.4) is 0 Å². The van der Waals surface area contributed by atoms with Crippen molar-refractivity contribution in [1.29, 1.82) is 5.26 Å². The van der Waals surface area contributed by atoms with E-state index in [0.717, 1.165) is 4.47 Å². The Kier molecular flexibility index (Phi) is 5.29. The highest BCUT2D eigenvalue weighted by Gasteiger charge is 2.20. The second-order valence-corrected chi connectivity index (χ2v) is 6.24. The van der Waals surface area contributed by atoms with Crippen molar-refractivity contribution in [3.63, 3.8) is 0 Å². The number of hydrogen-bond acceptors (Lipinski definition) is 5. The lowest BCUT2D eigenvalue weighted by Crippen LogP contribution is -2.31. The minimum absolute atomic E-state index is 0.236. The highest BCUT2D eigenvalue weighted by Crippen LogP contribution is 2.20. The summed E-state index contributed by atoms with van der Waals surface area (Å²) in [6.07, 6.45) is 2.22. The van der Waals surface area contributed by atoms with E-state index >= 15 is 0 Å². The Bertz CT molecular complexity index is 948. The van der Waals surface area contributed by atoms with Crippen molar-refractivity contribution >= 4 is 27.7 Å².